The second-order valence-electron chi connectivity index (χ2n) is 3.82. The van der Waals surface area contributed by atoms with Gasteiger partial charge in [0.25, 0.3) is 0 Å². The van der Waals surface area contributed by atoms with Crippen LogP contribution in [-0.4, -0.2) is 45.0 Å². The van der Waals surface area contributed by atoms with E-state index in [0.29, 0.717) is 0 Å². The molecular formula is C9H10N2O5. The Hall–Kier alpha value is -1.89. The number of nitrogens with zero attached hydrogens (tertiary/aromatic N) is 1. The number of nitrogens with two attached hydrogens (primary N) is 1. The van der Waals surface area contributed by atoms with Crippen LogP contribution in [0.15, 0.2) is 11.3 Å². The standard InChI is InChI=1S/C9H10N2O5/c10-6(8(13)14)4-1-3-2-5(12)11(3)7(4)9(15)16/h3,6H,1-2,10H2,(H,13,14)(H,15,16). The van der Waals surface area contributed by atoms with Gasteiger partial charge in [-0.3, -0.25) is 9.59 Å². The summed E-state index contributed by atoms with van der Waals surface area (Å²) in [5, 5.41) is 17.7. The molecule has 2 unspecified atom stereocenters. The Bertz CT molecular complexity index is 428. The Balaban J connectivity index is 2.39. The van der Waals surface area contributed by atoms with Crippen molar-refractivity contribution in [2.45, 2.75) is 24.9 Å². The Morgan fingerprint density at radius 3 is 2.44 bits per heavy atom. The molecule has 2 atom stereocenters. The normalized spacial score (nSPS) is 25.2. The molecule has 0 bridgehead atoms. The van der Waals surface area contributed by atoms with E-state index in [4.69, 9.17) is 15.9 Å². The van der Waals surface area contributed by atoms with Gasteiger partial charge < -0.3 is 20.8 Å². The molecular weight excluding hydrogens is 216 g/mol. The fourth-order valence-electron chi connectivity index (χ4n) is 2.12. The predicted octanol–water partition coefficient (Wildman–Crippen LogP) is -1.26. The number of hydrogen-bond donors (Lipinski definition) is 3. The van der Waals surface area contributed by atoms with E-state index in [2.05, 4.69) is 0 Å². The van der Waals surface area contributed by atoms with Crippen molar-refractivity contribution in [1.82, 2.24) is 4.90 Å². The van der Waals surface area contributed by atoms with Crippen LogP contribution < -0.4 is 5.73 Å². The highest BCUT2D eigenvalue weighted by Gasteiger charge is 2.49. The van der Waals surface area contributed by atoms with Gasteiger partial charge in [-0.1, -0.05) is 0 Å². The summed E-state index contributed by atoms with van der Waals surface area (Å²) in [4.78, 5) is 34.0. The Morgan fingerprint density at radius 1 is 1.38 bits per heavy atom. The van der Waals surface area contributed by atoms with Crippen LogP contribution in [0.5, 0.6) is 0 Å². The van der Waals surface area contributed by atoms with E-state index in [1.807, 2.05) is 0 Å². The van der Waals surface area contributed by atoms with Crippen molar-refractivity contribution >= 4 is 17.8 Å². The maximum Gasteiger partial charge on any atom is 0.352 e. The second-order valence-corrected chi connectivity index (χ2v) is 3.82. The van der Waals surface area contributed by atoms with Gasteiger partial charge in [-0.05, 0) is 12.0 Å². The minimum Gasteiger partial charge on any atom is -0.480 e. The fourth-order valence-corrected chi connectivity index (χ4v) is 2.12. The predicted molar refractivity (Wildman–Crippen MR) is 50.1 cm³/mol. The lowest BCUT2D eigenvalue weighted by molar-refractivity contribution is -0.147. The molecule has 0 aromatic rings. The zero-order chi connectivity index (χ0) is 12.0. The van der Waals surface area contributed by atoms with Gasteiger partial charge in [-0.2, -0.15) is 0 Å². The number of hydrogen-bond acceptors (Lipinski definition) is 4. The summed E-state index contributed by atoms with van der Waals surface area (Å²) >= 11 is 0. The molecule has 7 heteroatoms. The topological polar surface area (TPSA) is 121 Å². The van der Waals surface area contributed by atoms with E-state index < -0.39 is 18.0 Å². The van der Waals surface area contributed by atoms with Crippen LogP contribution in [0, 0.1) is 0 Å². The summed E-state index contributed by atoms with van der Waals surface area (Å²) in [7, 11) is 0. The molecule has 0 aromatic carbocycles. The number of fused-ring (bicyclic) bond motifs is 1. The molecule has 2 aliphatic rings. The van der Waals surface area contributed by atoms with Crippen LogP contribution >= 0.6 is 0 Å². The molecule has 16 heavy (non-hydrogen) atoms. The zero-order valence-electron chi connectivity index (χ0n) is 8.21. The molecule has 2 heterocycles. The number of carboxylic acids is 2. The van der Waals surface area contributed by atoms with Gasteiger partial charge >= 0.3 is 11.9 Å². The molecule has 4 N–H and O–H groups in total. The lowest BCUT2D eigenvalue weighted by Gasteiger charge is -2.35. The monoisotopic (exact) mass is 226 g/mol. The molecule has 0 radical (unpaired) electrons. The van der Waals surface area contributed by atoms with Crippen molar-refractivity contribution in [2.24, 2.45) is 5.73 Å². The van der Waals surface area contributed by atoms with Crippen LogP contribution in [0.2, 0.25) is 0 Å². The van der Waals surface area contributed by atoms with E-state index >= 15 is 0 Å². The van der Waals surface area contributed by atoms with Crippen molar-refractivity contribution in [3.8, 4) is 0 Å². The summed E-state index contributed by atoms with van der Waals surface area (Å²) in [6.07, 6.45) is 0.494. The molecule has 1 fully saturated rings. The Kier molecular flexibility index (Phi) is 2.20. The van der Waals surface area contributed by atoms with Crippen LogP contribution in [0.1, 0.15) is 12.8 Å². The molecule has 2 rings (SSSR count). The van der Waals surface area contributed by atoms with Crippen LogP contribution in [0.4, 0.5) is 0 Å². The lowest BCUT2D eigenvalue weighted by Crippen LogP contribution is -2.49. The molecule has 0 aromatic heterocycles. The average Bonchev–Trinajstić information content (AvgIpc) is 2.49. The molecule has 0 spiro atoms. The number of rotatable bonds is 3. The van der Waals surface area contributed by atoms with Crippen LogP contribution in [-0.2, 0) is 14.4 Å². The summed E-state index contributed by atoms with van der Waals surface area (Å²) in [6.45, 7) is 0. The quantitative estimate of drug-likeness (QED) is 0.516. The third-order valence-electron chi connectivity index (χ3n) is 2.89. The highest BCUT2D eigenvalue weighted by molar-refractivity contribution is 5.99. The third-order valence-corrected chi connectivity index (χ3v) is 2.89. The van der Waals surface area contributed by atoms with Crippen molar-refractivity contribution in [2.75, 3.05) is 0 Å². The first-order valence-electron chi connectivity index (χ1n) is 4.70. The molecule has 86 valence electrons. The number of aliphatic carboxylic acids is 2. The molecule has 1 saturated heterocycles. The van der Waals surface area contributed by atoms with Crippen LogP contribution in [0.3, 0.4) is 0 Å². The highest BCUT2D eigenvalue weighted by atomic mass is 16.4. The van der Waals surface area contributed by atoms with Crippen molar-refractivity contribution in [3.63, 3.8) is 0 Å². The molecule has 0 saturated carbocycles. The van der Waals surface area contributed by atoms with Gasteiger partial charge in [0.1, 0.15) is 11.7 Å². The van der Waals surface area contributed by atoms with Crippen LogP contribution in [0.25, 0.3) is 0 Å². The van der Waals surface area contributed by atoms with Crippen molar-refractivity contribution in [3.05, 3.63) is 11.3 Å². The largest absolute Gasteiger partial charge is 0.480 e. The molecule has 1 amide bonds. The highest BCUT2D eigenvalue weighted by Crippen LogP contribution is 2.39. The number of amides is 1. The SMILES string of the molecule is NC(C(=O)O)C1=C(C(=O)O)N2C(=O)CC2C1. The van der Waals surface area contributed by atoms with Crippen molar-refractivity contribution in [1.29, 1.82) is 0 Å². The maximum absolute atomic E-state index is 11.2. The van der Waals surface area contributed by atoms with Gasteiger partial charge in [0.05, 0.1) is 0 Å². The summed E-state index contributed by atoms with van der Waals surface area (Å²) < 4.78 is 0. The number of carbonyl (C=O) groups excluding carboxylic acids is 1. The molecule has 0 aliphatic carbocycles. The maximum atomic E-state index is 11.2. The van der Waals surface area contributed by atoms with Gasteiger partial charge in [-0.25, -0.2) is 4.79 Å². The summed E-state index contributed by atoms with van der Waals surface area (Å²) in [5.74, 6) is -2.89. The van der Waals surface area contributed by atoms with Gasteiger partial charge in [0, 0.05) is 12.5 Å². The zero-order valence-corrected chi connectivity index (χ0v) is 8.21. The number of carboxylic acid groups (broad SMARTS) is 2. The molecule has 2 aliphatic heterocycles. The average molecular weight is 226 g/mol. The van der Waals surface area contributed by atoms with E-state index in [0.717, 1.165) is 4.90 Å². The van der Waals surface area contributed by atoms with E-state index in [9.17, 15) is 14.4 Å². The Labute approximate surface area is 90.1 Å². The third kappa shape index (κ3) is 1.28. The van der Waals surface area contributed by atoms with E-state index in [1.54, 1.807) is 0 Å². The fraction of sp³-hybridized carbons (Fsp3) is 0.444. The number of carbonyl (C=O) groups is 3. The van der Waals surface area contributed by atoms with E-state index in [-0.39, 0.29) is 36.1 Å². The lowest BCUT2D eigenvalue weighted by atomic mass is 9.98. The second kappa shape index (κ2) is 3.31. The van der Waals surface area contributed by atoms with E-state index in [1.165, 1.54) is 0 Å². The number of β-lactam (4-membered cyclic amide) rings is 1. The Morgan fingerprint density at radius 2 is 2.00 bits per heavy atom. The van der Waals surface area contributed by atoms with Gasteiger partial charge in [0.2, 0.25) is 5.91 Å². The first-order chi connectivity index (χ1) is 7.43. The summed E-state index contributed by atoms with van der Waals surface area (Å²) in [5.41, 5.74) is 5.26. The first kappa shape index (κ1) is 10.6. The van der Waals surface area contributed by atoms with Gasteiger partial charge in [0.15, 0.2) is 0 Å². The minimum absolute atomic E-state index is 0.121. The smallest absolute Gasteiger partial charge is 0.352 e. The van der Waals surface area contributed by atoms with Crippen molar-refractivity contribution < 1.29 is 24.6 Å². The molecule has 7 nitrogen and oxygen atoms in total. The van der Waals surface area contributed by atoms with Gasteiger partial charge in [-0.15, -0.1) is 0 Å². The first-order valence-corrected chi connectivity index (χ1v) is 4.70. The minimum atomic E-state index is -1.36. The summed E-state index contributed by atoms with van der Waals surface area (Å²) in [6, 6.07) is -1.58.